The monoisotopic (exact) mass is 483 g/mol. The van der Waals surface area contributed by atoms with Gasteiger partial charge in [-0.25, -0.2) is 24.0 Å². The summed E-state index contributed by atoms with van der Waals surface area (Å²) in [5, 5.41) is 5.16. The van der Waals surface area contributed by atoms with Crippen LogP contribution in [-0.4, -0.2) is 50.5 Å². The number of rotatable bonds is 6. The second-order valence-electron chi connectivity index (χ2n) is 7.88. The molecule has 34 heavy (non-hydrogen) atoms. The first-order chi connectivity index (χ1) is 16.3. The van der Waals surface area contributed by atoms with E-state index in [9.17, 15) is 12.8 Å². The van der Waals surface area contributed by atoms with E-state index in [0.29, 0.717) is 35.4 Å². The smallest absolute Gasteiger partial charge is 0.301 e. The summed E-state index contributed by atoms with van der Waals surface area (Å²) in [7, 11) is -3.83. The van der Waals surface area contributed by atoms with Crippen LogP contribution in [0.5, 0.6) is 0 Å². The first-order valence-electron chi connectivity index (χ1n) is 10.6. The highest BCUT2D eigenvalue weighted by Crippen LogP contribution is 2.31. The molecule has 5 N–H and O–H groups in total. The average Bonchev–Trinajstić information content (AvgIpc) is 3.47. The van der Waals surface area contributed by atoms with Gasteiger partial charge in [-0.1, -0.05) is 18.2 Å². The summed E-state index contributed by atoms with van der Waals surface area (Å²) < 4.78 is 44.8. The highest BCUT2D eigenvalue weighted by molar-refractivity contribution is 7.90. The lowest BCUT2D eigenvalue weighted by atomic mass is 10.2. The molecule has 176 valence electrons. The number of nitrogen functional groups attached to an aromatic ring is 2. The van der Waals surface area contributed by atoms with Gasteiger partial charge < -0.3 is 11.5 Å². The SMILES string of the molecule is Nc1nc(-c2nn(Cc3ccccc3F)c3ncccc23)nc(N)c1NS(=O)(=O)N1CCCC1. The number of anilines is 3. The molecule has 11 nitrogen and oxygen atoms in total. The van der Waals surface area contributed by atoms with Crippen LogP contribution in [0.25, 0.3) is 22.6 Å². The summed E-state index contributed by atoms with van der Waals surface area (Å²) >= 11 is 0. The number of nitrogens with one attached hydrogen (secondary N) is 1. The zero-order valence-corrected chi connectivity index (χ0v) is 18.8. The van der Waals surface area contributed by atoms with Crippen LogP contribution in [0.3, 0.4) is 0 Å². The van der Waals surface area contributed by atoms with Crippen molar-refractivity contribution < 1.29 is 12.8 Å². The Morgan fingerprint density at radius 1 is 1.03 bits per heavy atom. The van der Waals surface area contributed by atoms with Crippen molar-refractivity contribution in [3.05, 3.63) is 54.0 Å². The van der Waals surface area contributed by atoms with Crippen LogP contribution in [0.4, 0.5) is 21.7 Å². The Kier molecular flexibility index (Phi) is 5.49. The molecule has 4 heterocycles. The van der Waals surface area contributed by atoms with Gasteiger partial charge >= 0.3 is 10.2 Å². The predicted molar refractivity (Wildman–Crippen MR) is 126 cm³/mol. The van der Waals surface area contributed by atoms with Crippen molar-refractivity contribution in [1.29, 1.82) is 0 Å². The molecule has 13 heteroatoms. The Bertz CT molecular complexity index is 1460. The largest absolute Gasteiger partial charge is 0.382 e. The van der Waals surface area contributed by atoms with E-state index in [1.54, 1.807) is 41.2 Å². The molecule has 0 atom stereocenters. The van der Waals surface area contributed by atoms with Gasteiger partial charge in [0, 0.05) is 24.8 Å². The van der Waals surface area contributed by atoms with Gasteiger partial charge in [-0.05, 0) is 31.0 Å². The van der Waals surface area contributed by atoms with E-state index in [1.165, 1.54) is 10.4 Å². The van der Waals surface area contributed by atoms with Crippen LogP contribution in [0.1, 0.15) is 18.4 Å². The van der Waals surface area contributed by atoms with E-state index >= 15 is 0 Å². The molecule has 0 bridgehead atoms. The molecule has 0 saturated carbocycles. The van der Waals surface area contributed by atoms with Gasteiger partial charge in [0.1, 0.15) is 17.2 Å². The average molecular weight is 484 g/mol. The van der Waals surface area contributed by atoms with Gasteiger partial charge in [0.25, 0.3) is 0 Å². The molecule has 0 spiro atoms. The molecule has 1 saturated heterocycles. The third-order valence-corrected chi connectivity index (χ3v) is 7.10. The van der Waals surface area contributed by atoms with Gasteiger partial charge in [-0.3, -0.25) is 4.72 Å². The minimum absolute atomic E-state index is 0.0798. The van der Waals surface area contributed by atoms with Crippen LogP contribution < -0.4 is 16.2 Å². The molecule has 1 aliphatic heterocycles. The normalized spacial score (nSPS) is 14.6. The van der Waals surface area contributed by atoms with Crippen molar-refractivity contribution in [1.82, 2.24) is 29.0 Å². The number of halogens is 1. The van der Waals surface area contributed by atoms with E-state index in [-0.39, 0.29) is 35.5 Å². The van der Waals surface area contributed by atoms with Crippen molar-refractivity contribution in [3.8, 4) is 11.5 Å². The number of hydrogen-bond acceptors (Lipinski definition) is 8. The molecule has 0 radical (unpaired) electrons. The van der Waals surface area contributed by atoms with Crippen molar-refractivity contribution in [2.75, 3.05) is 29.3 Å². The van der Waals surface area contributed by atoms with E-state index in [2.05, 4.69) is 24.8 Å². The van der Waals surface area contributed by atoms with Crippen LogP contribution in [0.2, 0.25) is 0 Å². The van der Waals surface area contributed by atoms with E-state index in [4.69, 9.17) is 11.5 Å². The quantitative estimate of drug-likeness (QED) is 0.376. The summed E-state index contributed by atoms with van der Waals surface area (Å²) in [6.45, 7) is 0.984. The maximum Gasteiger partial charge on any atom is 0.301 e. The van der Waals surface area contributed by atoms with Gasteiger partial charge in [-0.15, -0.1) is 0 Å². The Labute approximate surface area is 194 Å². The third kappa shape index (κ3) is 3.99. The standard InChI is InChI=1S/C21H22FN9O2S/c22-15-8-2-1-6-13(15)12-31-21-14(7-5-9-25-21)16(28-31)20-26-18(23)17(19(24)27-20)29-34(32,33)30-10-3-4-11-30/h1-2,5-9,29H,3-4,10-12H2,(H4,23,24,26,27). The predicted octanol–water partition coefficient (Wildman–Crippen LogP) is 1.99. The lowest BCUT2D eigenvalue weighted by Gasteiger charge is -2.18. The molecule has 0 aliphatic carbocycles. The zero-order valence-electron chi connectivity index (χ0n) is 18.0. The van der Waals surface area contributed by atoms with Crippen LogP contribution in [0, 0.1) is 5.82 Å². The Hall–Kier alpha value is -3.84. The molecule has 4 aromatic rings. The van der Waals surface area contributed by atoms with E-state index < -0.39 is 10.2 Å². The Balaban J connectivity index is 1.53. The summed E-state index contributed by atoms with van der Waals surface area (Å²) in [5.74, 6) is -0.524. The molecule has 1 aliphatic rings. The summed E-state index contributed by atoms with van der Waals surface area (Å²) in [5.41, 5.74) is 13.4. The second kappa shape index (κ2) is 8.50. The molecule has 1 fully saturated rings. The lowest BCUT2D eigenvalue weighted by Crippen LogP contribution is -2.34. The minimum Gasteiger partial charge on any atom is -0.382 e. The number of nitrogens with zero attached hydrogens (tertiary/aromatic N) is 6. The lowest BCUT2D eigenvalue weighted by molar-refractivity contribution is 0.482. The molecule has 0 unspecified atom stereocenters. The molecular weight excluding hydrogens is 461 g/mol. The van der Waals surface area contributed by atoms with Gasteiger partial charge in [-0.2, -0.15) is 17.8 Å². The fraction of sp³-hybridized carbons (Fsp3) is 0.238. The molecule has 0 amide bonds. The Morgan fingerprint density at radius 2 is 1.74 bits per heavy atom. The summed E-state index contributed by atoms with van der Waals surface area (Å²) in [6, 6.07) is 9.91. The van der Waals surface area contributed by atoms with Crippen LogP contribution >= 0.6 is 0 Å². The second-order valence-corrected chi connectivity index (χ2v) is 9.55. The van der Waals surface area contributed by atoms with E-state index in [0.717, 1.165) is 12.8 Å². The summed E-state index contributed by atoms with van der Waals surface area (Å²) in [6.07, 6.45) is 3.18. The van der Waals surface area contributed by atoms with Crippen molar-refractivity contribution in [2.24, 2.45) is 0 Å². The van der Waals surface area contributed by atoms with E-state index in [1.807, 2.05) is 0 Å². The minimum atomic E-state index is -3.83. The van der Waals surface area contributed by atoms with Crippen molar-refractivity contribution in [2.45, 2.75) is 19.4 Å². The van der Waals surface area contributed by atoms with Gasteiger partial charge in [0.2, 0.25) is 0 Å². The maximum atomic E-state index is 14.2. The first-order valence-corrected chi connectivity index (χ1v) is 12.0. The topological polar surface area (TPSA) is 158 Å². The molecule has 3 aromatic heterocycles. The highest BCUT2D eigenvalue weighted by atomic mass is 32.2. The number of benzene rings is 1. The van der Waals surface area contributed by atoms with Crippen molar-refractivity contribution >= 4 is 38.6 Å². The van der Waals surface area contributed by atoms with Crippen molar-refractivity contribution in [3.63, 3.8) is 0 Å². The number of aromatic nitrogens is 5. The molecular formula is C21H22FN9O2S. The highest BCUT2D eigenvalue weighted by Gasteiger charge is 2.28. The van der Waals surface area contributed by atoms with Crippen LogP contribution in [-0.2, 0) is 16.8 Å². The number of pyridine rings is 1. The number of fused-ring (bicyclic) bond motifs is 1. The Morgan fingerprint density at radius 3 is 2.44 bits per heavy atom. The number of hydrogen-bond donors (Lipinski definition) is 3. The van der Waals surface area contributed by atoms with Gasteiger partial charge in [0.15, 0.2) is 23.1 Å². The third-order valence-electron chi connectivity index (χ3n) is 5.60. The summed E-state index contributed by atoms with van der Waals surface area (Å²) in [4.78, 5) is 12.9. The fourth-order valence-corrected chi connectivity index (χ4v) is 5.24. The first kappa shape index (κ1) is 22.0. The fourth-order valence-electron chi connectivity index (χ4n) is 3.90. The zero-order chi connectivity index (χ0) is 23.9. The number of nitrogens with two attached hydrogens (primary N) is 2. The van der Waals surface area contributed by atoms with Gasteiger partial charge in [0.05, 0.1) is 11.9 Å². The maximum absolute atomic E-state index is 14.2. The molecule has 5 rings (SSSR count). The van der Waals surface area contributed by atoms with Crippen LogP contribution in [0.15, 0.2) is 42.6 Å². The molecule has 1 aromatic carbocycles.